The molecule has 0 bridgehead atoms. The fourth-order valence-electron chi connectivity index (χ4n) is 3.15. The van der Waals surface area contributed by atoms with E-state index < -0.39 is 28.7 Å². The quantitative estimate of drug-likeness (QED) is 0.562. The van der Waals surface area contributed by atoms with Gasteiger partial charge in [0.25, 0.3) is 5.69 Å². The lowest BCUT2D eigenvalue weighted by atomic mass is 10.1. The second-order valence-corrected chi connectivity index (χ2v) is 8.01. The Bertz CT molecular complexity index is 869. The highest BCUT2D eigenvalue weighted by atomic mass is 16.6. The Balaban J connectivity index is 2.21. The number of hydrogen-bond donors (Lipinski definition) is 1. The molecule has 1 aromatic rings. The van der Waals surface area contributed by atoms with Gasteiger partial charge in [0.2, 0.25) is 5.91 Å². The first-order valence-electron chi connectivity index (χ1n) is 9.71. The molecule has 2 atom stereocenters. The van der Waals surface area contributed by atoms with Crippen LogP contribution in [0.4, 0.5) is 10.5 Å². The summed E-state index contributed by atoms with van der Waals surface area (Å²) in [6.45, 7) is 5.65. The van der Waals surface area contributed by atoms with Gasteiger partial charge in [0.1, 0.15) is 11.6 Å². The first kappa shape index (κ1) is 22.9. The molecular formula is C21H26N4O5. The van der Waals surface area contributed by atoms with Gasteiger partial charge in [-0.3, -0.25) is 14.9 Å². The van der Waals surface area contributed by atoms with Crippen LogP contribution in [0, 0.1) is 21.4 Å². The van der Waals surface area contributed by atoms with E-state index in [-0.39, 0.29) is 18.0 Å². The molecule has 0 aromatic heterocycles. The van der Waals surface area contributed by atoms with Crippen molar-refractivity contribution < 1.29 is 19.2 Å². The molecule has 1 heterocycles. The SMILES string of the molecule is CC(C)(C)OC(=O)NC(C=Cc1ccccc1[N+](=O)[O-])CC(=O)N1CCCC1C#N. The Hall–Kier alpha value is -3.41. The van der Waals surface area contributed by atoms with Gasteiger partial charge in [0, 0.05) is 12.6 Å². The molecule has 160 valence electrons. The Morgan fingerprint density at radius 3 is 2.77 bits per heavy atom. The van der Waals surface area contributed by atoms with Crippen molar-refractivity contribution in [2.75, 3.05) is 6.54 Å². The van der Waals surface area contributed by atoms with Gasteiger partial charge in [-0.05, 0) is 39.7 Å². The highest BCUT2D eigenvalue weighted by molar-refractivity contribution is 5.79. The second kappa shape index (κ2) is 9.87. The van der Waals surface area contributed by atoms with Gasteiger partial charge in [-0.1, -0.05) is 24.3 Å². The average Bonchev–Trinajstić information content (AvgIpc) is 3.13. The third-order valence-corrected chi connectivity index (χ3v) is 4.46. The third-order valence-electron chi connectivity index (χ3n) is 4.46. The molecule has 1 fully saturated rings. The number of likely N-dealkylation sites (tertiary alicyclic amines) is 1. The molecule has 9 heteroatoms. The van der Waals surface area contributed by atoms with Gasteiger partial charge in [0.15, 0.2) is 0 Å². The Kier molecular flexibility index (Phi) is 7.53. The number of nitro benzene ring substituents is 1. The van der Waals surface area contributed by atoms with Crippen LogP contribution in [-0.4, -0.2) is 46.1 Å². The summed E-state index contributed by atoms with van der Waals surface area (Å²) in [6, 6.07) is 7.06. The number of ether oxygens (including phenoxy) is 1. The van der Waals surface area contributed by atoms with Crippen LogP contribution in [0.3, 0.4) is 0 Å². The molecule has 1 N–H and O–H groups in total. The molecule has 30 heavy (non-hydrogen) atoms. The fourth-order valence-corrected chi connectivity index (χ4v) is 3.15. The monoisotopic (exact) mass is 414 g/mol. The third kappa shape index (κ3) is 6.58. The van der Waals surface area contributed by atoms with E-state index >= 15 is 0 Å². The van der Waals surface area contributed by atoms with Gasteiger partial charge >= 0.3 is 6.09 Å². The summed E-state index contributed by atoms with van der Waals surface area (Å²) in [7, 11) is 0. The number of amides is 2. The zero-order chi connectivity index (χ0) is 22.3. The number of benzene rings is 1. The van der Waals surface area contributed by atoms with E-state index in [2.05, 4.69) is 11.4 Å². The first-order valence-corrected chi connectivity index (χ1v) is 9.71. The van der Waals surface area contributed by atoms with E-state index in [1.54, 1.807) is 39.0 Å². The van der Waals surface area contributed by atoms with E-state index in [4.69, 9.17) is 4.74 Å². The van der Waals surface area contributed by atoms with Crippen LogP contribution in [0.1, 0.15) is 45.6 Å². The maximum absolute atomic E-state index is 12.7. The van der Waals surface area contributed by atoms with E-state index in [0.29, 0.717) is 18.5 Å². The summed E-state index contributed by atoms with van der Waals surface area (Å²) >= 11 is 0. The molecule has 0 radical (unpaired) electrons. The van der Waals surface area contributed by atoms with Crippen molar-refractivity contribution in [2.45, 2.75) is 57.7 Å². The van der Waals surface area contributed by atoms with Crippen LogP contribution in [0.15, 0.2) is 30.3 Å². The Morgan fingerprint density at radius 2 is 2.13 bits per heavy atom. The second-order valence-electron chi connectivity index (χ2n) is 8.01. The van der Waals surface area contributed by atoms with E-state index in [1.807, 2.05) is 0 Å². The Labute approximate surface area is 175 Å². The lowest BCUT2D eigenvalue weighted by molar-refractivity contribution is -0.385. The highest BCUT2D eigenvalue weighted by Crippen LogP contribution is 2.21. The molecule has 2 rings (SSSR count). The normalized spacial score (nSPS) is 17.4. The molecule has 1 aliphatic heterocycles. The molecule has 1 aromatic carbocycles. The summed E-state index contributed by atoms with van der Waals surface area (Å²) in [5.41, 5.74) is -0.455. The zero-order valence-electron chi connectivity index (χ0n) is 17.3. The van der Waals surface area contributed by atoms with Crippen LogP contribution in [0.25, 0.3) is 6.08 Å². The maximum Gasteiger partial charge on any atom is 0.408 e. The lowest BCUT2D eigenvalue weighted by Gasteiger charge is -2.24. The molecule has 0 saturated carbocycles. The maximum atomic E-state index is 12.7. The van der Waals surface area contributed by atoms with Gasteiger partial charge in [0.05, 0.1) is 29.0 Å². The number of nitrogens with zero attached hydrogens (tertiary/aromatic N) is 3. The van der Waals surface area contributed by atoms with Gasteiger partial charge in [-0.15, -0.1) is 0 Å². The van der Waals surface area contributed by atoms with Crippen LogP contribution < -0.4 is 5.32 Å². The molecule has 9 nitrogen and oxygen atoms in total. The predicted molar refractivity (Wildman–Crippen MR) is 110 cm³/mol. The van der Waals surface area contributed by atoms with Gasteiger partial charge in [-0.25, -0.2) is 4.79 Å². The number of hydrogen-bond acceptors (Lipinski definition) is 6. The van der Waals surface area contributed by atoms with E-state index in [0.717, 1.165) is 6.42 Å². The molecule has 0 spiro atoms. The van der Waals surface area contributed by atoms with Crippen molar-refractivity contribution in [2.24, 2.45) is 0 Å². The van der Waals surface area contributed by atoms with Crippen molar-refractivity contribution >= 4 is 23.8 Å². The van der Waals surface area contributed by atoms with Crippen molar-refractivity contribution in [3.8, 4) is 6.07 Å². The summed E-state index contributed by atoms with van der Waals surface area (Å²) in [5, 5.41) is 23.1. The lowest BCUT2D eigenvalue weighted by Crippen LogP contribution is -2.43. The number of alkyl carbamates (subject to hydrolysis) is 1. The molecule has 2 unspecified atom stereocenters. The van der Waals surface area contributed by atoms with Crippen LogP contribution in [0.2, 0.25) is 0 Å². The Morgan fingerprint density at radius 1 is 1.43 bits per heavy atom. The van der Waals surface area contributed by atoms with E-state index in [1.165, 1.54) is 23.1 Å². The number of carbonyl (C=O) groups is 2. The molecule has 2 amide bonds. The van der Waals surface area contributed by atoms with Crippen molar-refractivity contribution in [3.63, 3.8) is 0 Å². The minimum Gasteiger partial charge on any atom is -0.444 e. The number of nitro groups is 1. The minimum absolute atomic E-state index is 0.0832. The van der Waals surface area contributed by atoms with Crippen molar-refractivity contribution in [1.82, 2.24) is 10.2 Å². The minimum atomic E-state index is -0.757. The number of carbonyl (C=O) groups excluding carboxylic acids is 2. The average molecular weight is 414 g/mol. The number of para-hydroxylation sites is 1. The topological polar surface area (TPSA) is 126 Å². The molecular weight excluding hydrogens is 388 g/mol. The van der Waals surface area contributed by atoms with Crippen molar-refractivity contribution in [3.05, 3.63) is 46.0 Å². The fraction of sp³-hybridized carbons (Fsp3) is 0.476. The predicted octanol–water partition coefficient (Wildman–Crippen LogP) is 3.41. The largest absolute Gasteiger partial charge is 0.444 e. The number of nitriles is 1. The summed E-state index contributed by atoms with van der Waals surface area (Å²) in [6.07, 6.45) is 3.61. The standard InChI is InChI=1S/C21H26N4O5/c1-21(2,3)30-20(27)23-16(13-19(26)24-12-6-8-17(24)14-22)11-10-15-7-4-5-9-18(15)25(28)29/h4-5,7,9-11,16-17H,6,8,12-13H2,1-3H3,(H,23,27). The smallest absolute Gasteiger partial charge is 0.408 e. The molecule has 1 saturated heterocycles. The summed E-state index contributed by atoms with van der Waals surface area (Å²) < 4.78 is 5.26. The van der Waals surface area contributed by atoms with Gasteiger partial charge in [-0.2, -0.15) is 5.26 Å². The first-order chi connectivity index (χ1) is 14.1. The zero-order valence-corrected chi connectivity index (χ0v) is 17.3. The molecule has 0 aliphatic carbocycles. The summed E-state index contributed by atoms with van der Waals surface area (Å²) in [5.74, 6) is -0.271. The highest BCUT2D eigenvalue weighted by Gasteiger charge is 2.30. The van der Waals surface area contributed by atoms with Crippen LogP contribution in [0.5, 0.6) is 0 Å². The number of rotatable bonds is 6. The van der Waals surface area contributed by atoms with Crippen LogP contribution in [-0.2, 0) is 9.53 Å². The van der Waals surface area contributed by atoms with E-state index in [9.17, 15) is 25.0 Å². The van der Waals surface area contributed by atoms with Crippen molar-refractivity contribution in [1.29, 1.82) is 5.26 Å². The number of nitrogens with one attached hydrogen (secondary N) is 1. The van der Waals surface area contributed by atoms with Crippen LogP contribution >= 0.6 is 0 Å². The molecule has 1 aliphatic rings. The van der Waals surface area contributed by atoms with Gasteiger partial charge < -0.3 is 15.0 Å². The summed E-state index contributed by atoms with van der Waals surface area (Å²) in [4.78, 5) is 37.2.